The van der Waals surface area contributed by atoms with Gasteiger partial charge < -0.3 is 14.6 Å². The molecule has 0 amide bonds. The Kier molecular flexibility index (Phi) is 7.65. The third kappa shape index (κ3) is 5.29. The Bertz CT molecular complexity index is 442. The summed E-state index contributed by atoms with van der Waals surface area (Å²) in [5.74, 6) is 0.868. The molecule has 0 saturated heterocycles. The molecule has 1 rings (SSSR count). The summed E-state index contributed by atoms with van der Waals surface area (Å²) in [5, 5.41) is 8.95. The van der Waals surface area contributed by atoms with E-state index >= 15 is 0 Å². The first-order chi connectivity index (χ1) is 10.1. The lowest BCUT2D eigenvalue weighted by molar-refractivity contribution is -0.137. The molecule has 118 valence electrons. The van der Waals surface area contributed by atoms with Gasteiger partial charge in [0.15, 0.2) is 11.5 Å². The Hall–Kier alpha value is -1.71. The molecule has 0 bridgehead atoms. The van der Waals surface area contributed by atoms with Crippen LogP contribution in [-0.4, -0.2) is 25.3 Å². The third-order valence-electron chi connectivity index (χ3n) is 3.74. The number of benzene rings is 1. The Morgan fingerprint density at radius 2 is 1.95 bits per heavy atom. The predicted octanol–water partition coefficient (Wildman–Crippen LogP) is 4.23. The van der Waals surface area contributed by atoms with Gasteiger partial charge in [0.25, 0.3) is 0 Å². The molecule has 1 aromatic carbocycles. The summed E-state index contributed by atoms with van der Waals surface area (Å²) >= 11 is 0. The van der Waals surface area contributed by atoms with E-state index in [4.69, 9.17) is 14.6 Å². The minimum absolute atomic E-state index is 0.178. The molecular weight excluding hydrogens is 268 g/mol. The number of aliphatic carboxylic acids is 1. The lowest BCUT2D eigenvalue weighted by Crippen LogP contribution is -2.06. The summed E-state index contributed by atoms with van der Waals surface area (Å²) in [6.45, 7) is 2.17. The Balaban J connectivity index is 2.97. The number of hydrogen-bond donors (Lipinski definition) is 1. The highest BCUT2D eigenvalue weighted by molar-refractivity contribution is 5.66. The van der Waals surface area contributed by atoms with E-state index in [0.717, 1.165) is 37.0 Å². The van der Waals surface area contributed by atoms with E-state index < -0.39 is 5.97 Å². The fraction of sp³-hybridized carbons (Fsp3) is 0.588. The molecule has 4 heteroatoms. The van der Waals surface area contributed by atoms with Crippen LogP contribution in [0.25, 0.3) is 0 Å². The molecule has 1 unspecified atom stereocenters. The van der Waals surface area contributed by atoms with Crippen molar-refractivity contribution in [1.82, 2.24) is 0 Å². The van der Waals surface area contributed by atoms with Crippen LogP contribution in [0, 0.1) is 0 Å². The molecule has 1 aromatic rings. The SMILES string of the molecule is CCCCCC(CCC(=O)O)c1cccc(OC)c1OC. The summed E-state index contributed by atoms with van der Waals surface area (Å²) in [4.78, 5) is 10.9. The van der Waals surface area contributed by atoms with Gasteiger partial charge in [-0.25, -0.2) is 0 Å². The van der Waals surface area contributed by atoms with Gasteiger partial charge in [0.05, 0.1) is 14.2 Å². The second-order valence-corrected chi connectivity index (χ2v) is 5.21. The maximum absolute atomic E-state index is 10.9. The first-order valence-electron chi connectivity index (χ1n) is 7.56. The molecule has 4 nitrogen and oxygen atoms in total. The van der Waals surface area contributed by atoms with Crippen molar-refractivity contribution in [2.75, 3.05) is 14.2 Å². The van der Waals surface area contributed by atoms with Crippen LogP contribution in [0.5, 0.6) is 11.5 Å². The van der Waals surface area contributed by atoms with E-state index in [1.807, 2.05) is 18.2 Å². The number of hydrogen-bond acceptors (Lipinski definition) is 3. The Morgan fingerprint density at radius 1 is 1.19 bits per heavy atom. The molecule has 1 N–H and O–H groups in total. The normalized spacial score (nSPS) is 12.0. The Morgan fingerprint density at radius 3 is 2.52 bits per heavy atom. The van der Waals surface area contributed by atoms with E-state index in [-0.39, 0.29) is 12.3 Å². The van der Waals surface area contributed by atoms with Crippen molar-refractivity contribution >= 4 is 5.97 Å². The maximum Gasteiger partial charge on any atom is 0.303 e. The summed E-state index contributed by atoms with van der Waals surface area (Å²) in [7, 11) is 3.24. The number of methoxy groups -OCH3 is 2. The van der Waals surface area contributed by atoms with E-state index in [0.29, 0.717) is 12.2 Å². The number of unbranched alkanes of at least 4 members (excludes halogenated alkanes) is 2. The number of carboxylic acids is 1. The molecule has 0 heterocycles. The average Bonchev–Trinajstić information content (AvgIpc) is 2.49. The van der Waals surface area contributed by atoms with Gasteiger partial charge in [0.2, 0.25) is 0 Å². The quantitative estimate of drug-likeness (QED) is 0.656. The predicted molar refractivity (Wildman–Crippen MR) is 83.3 cm³/mol. The van der Waals surface area contributed by atoms with Crippen molar-refractivity contribution < 1.29 is 19.4 Å². The summed E-state index contributed by atoms with van der Waals surface area (Å²) in [6.07, 6.45) is 5.20. The highest BCUT2D eigenvalue weighted by Gasteiger charge is 2.19. The minimum Gasteiger partial charge on any atom is -0.493 e. The minimum atomic E-state index is -0.752. The van der Waals surface area contributed by atoms with Gasteiger partial charge >= 0.3 is 5.97 Å². The van der Waals surface area contributed by atoms with Crippen molar-refractivity contribution in [3.63, 3.8) is 0 Å². The van der Waals surface area contributed by atoms with Gasteiger partial charge in [-0.05, 0) is 24.8 Å². The molecule has 0 radical (unpaired) electrons. The molecule has 0 aliphatic heterocycles. The van der Waals surface area contributed by atoms with Crippen LogP contribution < -0.4 is 9.47 Å². The number of carbonyl (C=O) groups is 1. The van der Waals surface area contributed by atoms with Crippen LogP contribution in [0.2, 0.25) is 0 Å². The van der Waals surface area contributed by atoms with Crippen LogP contribution in [0.4, 0.5) is 0 Å². The van der Waals surface area contributed by atoms with Gasteiger partial charge in [-0.3, -0.25) is 4.79 Å². The van der Waals surface area contributed by atoms with E-state index in [2.05, 4.69) is 6.92 Å². The van der Waals surface area contributed by atoms with Gasteiger partial charge in [-0.2, -0.15) is 0 Å². The second kappa shape index (κ2) is 9.27. The molecule has 21 heavy (non-hydrogen) atoms. The number of carboxylic acid groups (broad SMARTS) is 1. The number of para-hydroxylation sites is 1. The fourth-order valence-corrected chi connectivity index (χ4v) is 2.63. The second-order valence-electron chi connectivity index (χ2n) is 5.21. The third-order valence-corrected chi connectivity index (χ3v) is 3.74. The van der Waals surface area contributed by atoms with E-state index in [1.165, 1.54) is 0 Å². The van der Waals surface area contributed by atoms with Crippen LogP contribution in [0.3, 0.4) is 0 Å². The number of rotatable bonds is 10. The monoisotopic (exact) mass is 294 g/mol. The average molecular weight is 294 g/mol. The first-order valence-corrected chi connectivity index (χ1v) is 7.56. The summed E-state index contributed by atoms with van der Waals surface area (Å²) in [5.41, 5.74) is 1.05. The number of ether oxygens (including phenoxy) is 2. The summed E-state index contributed by atoms with van der Waals surface area (Å²) < 4.78 is 10.8. The Labute approximate surface area is 127 Å². The van der Waals surface area contributed by atoms with Gasteiger partial charge in [0, 0.05) is 12.0 Å². The smallest absolute Gasteiger partial charge is 0.303 e. The zero-order valence-electron chi connectivity index (χ0n) is 13.2. The van der Waals surface area contributed by atoms with Crippen molar-refractivity contribution in [1.29, 1.82) is 0 Å². The molecule has 0 aromatic heterocycles. The molecule has 0 fully saturated rings. The lowest BCUT2D eigenvalue weighted by atomic mass is 9.88. The molecular formula is C17H26O4. The fourth-order valence-electron chi connectivity index (χ4n) is 2.63. The molecule has 0 saturated carbocycles. The molecule has 0 aliphatic rings. The van der Waals surface area contributed by atoms with Gasteiger partial charge in [-0.15, -0.1) is 0 Å². The summed E-state index contributed by atoms with van der Waals surface area (Å²) in [6, 6.07) is 5.81. The van der Waals surface area contributed by atoms with Crippen molar-refractivity contribution in [3.05, 3.63) is 23.8 Å². The standard InChI is InChI=1S/C17H26O4/c1-4-5-6-8-13(11-12-16(18)19)14-9-7-10-15(20-2)17(14)21-3/h7,9-10,13H,4-6,8,11-12H2,1-3H3,(H,18,19). The van der Waals surface area contributed by atoms with Crippen molar-refractivity contribution in [2.24, 2.45) is 0 Å². The zero-order chi connectivity index (χ0) is 15.7. The van der Waals surface area contributed by atoms with Gasteiger partial charge in [0.1, 0.15) is 0 Å². The van der Waals surface area contributed by atoms with E-state index in [1.54, 1.807) is 14.2 Å². The van der Waals surface area contributed by atoms with Gasteiger partial charge in [-0.1, -0.05) is 38.3 Å². The molecule has 0 spiro atoms. The molecule has 1 atom stereocenters. The van der Waals surface area contributed by atoms with Crippen LogP contribution >= 0.6 is 0 Å². The largest absolute Gasteiger partial charge is 0.493 e. The zero-order valence-corrected chi connectivity index (χ0v) is 13.2. The van der Waals surface area contributed by atoms with Crippen molar-refractivity contribution in [2.45, 2.75) is 51.4 Å². The highest BCUT2D eigenvalue weighted by atomic mass is 16.5. The topological polar surface area (TPSA) is 55.8 Å². The molecule has 0 aliphatic carbocycles. The van der Waals surface area contributed by atoms with Crippen LogP contribution in [-0.2, 0) is 4.79 Å². The van der Waals surface area contributed by atoms with Crippen LogP contribution in [0.1, 0.15) is 56.9 Å². The first kappa shape index (κ1) is 17.3. The highest BCUT2D eigenvalue weighted by Crippen LogP contribution is 2.39. The lowest BCUT2D eigenvalue weighted by Gasteiger charge is -2.21. The van der Waals surface area contributed by atoms with Crippen LogP contribution in [0.15, 0.2) is 18.2 Å². The van der Waals surface area contributed by atoms with Crippen molar-refractivity contribution in [3.8, 4) is 11.5 Å². The van der Waals surface area contributed by atoms with E-state index in [9.17, 15) is 4.79 Å². The maximum atomic E-state index is 10.9.